The maximum Gasteiger partial charge on any atom is 0.223 e. The monoisotopic (exact) mass is 234 g/mol. The summed E-state index contributed by atoms with van der Waals surface area (Å²) < 4.78 is 5.40. The molecular formula is C12H18N4O. The van der Waals surface area contributed by atoms with Gasteiger partial charge in [-0.2, -0.15) is 0 Å². The van der Waals surface area contributed by atoms with Crippen LogP contribution in [0.4, 0.5) is 5.95 Å². The molecule has 0 saturated carbocycles. The fourth-order valence-corrected chi connectivity index (χ4v) is 2.43. The van der Waals surface area contributed by atoms with E-state index in [-0.39, 0.29) is 0 Å². The van der Waals surface area contributed by atoms with Crippen LogP contribution in [0.5, 0.6) is 0 Å². The van der Waals surface area contributed by atoms with E-state index >= 15 is 0 Å². The molecule has 1 fully saturated rings. The number of aromatic nitrogens is 2. The molecule has 2 aliphatic heterocycles. The lowest BCUT2D eigenvalue weighted by atomic mass is 10.1. The Balaban J connectivity index is 1.76. The van der Waals surface area contributed by atoms with E-state index in [9.17, 15) is 0 Å². The third-order valence-corrected chi connectivity index (χ3v) is 3.41. The highest BCUT2D eigenvalue weighted by atomic mass is 16.5. The minimum Gasteiger partial charge on any atom is -0.370 e. The number of rotatable bonds is 2. The third kappa shape index (κ3) is 2.25. The summed E-state index contributed by atoms with van der Waals surface area (Å²) in [5, 5.41) is 6.79. The van der Waals surface area contributed by atoms with Gasteiger partial charge in [0.1, 0.15) is 0 Å². The predicted octanol–water partition coefficient (Wildman–Crippen LogP) is 0.979. The smallest absolute Gasteiger partial charge is 0.223 e. The van der Waals surface area contributed by atoms with Gasteiger partial charge in [-0.3, -0.25) is 0 Å². The standard InChI is InChI=1S/C12H18N4O/c1-8-10-6-17-7-11(10)16-12(14-8)15-9-3-2-4-13-5-9/h9,13H,2-7H2,1H3,(H,14,15,16). The van der Waals surface area contributed by atoms with E-state index in [2.05, 4.69) is 20.6 Å². The Bertz CT molecular complexity index is 415. The van der Waals surface area contributed by atoms with Gasteiger partial charge in [0.05, 0.1) is 18.9 Å². The fraction of sp³-hybridized carbons (Fsp3) is 0.667. The van der Waals surface area contributed by atoms with Crippen molar-refractivity contribution in [1.29, 1.82) is 0 Å². The number of anilines is 1. The van der Waals surface area contributed by atoms with Gasteiger partial charge in [-0.05, 0) is 26.3 Å². The van der Waals surface area contributed by atoms with Crippen molar-refractivity contribution in [3.63, 3.8) is 0 Å². The molecule has 1 saturated heterocycles. The highest BCUT2D eigenvalue weighted by molar-refractivity contribution is 5.36. The Morgan fingerprint density at radius 2 is 2.29 bits per heavy atom. The number of nitrogens with zero attached hydrogens (tertiary/aromatic N) is 2. The topological polar surface area (TPSA) is 59.1 Å². The Morgan fingerprint density at radius 3 is 3.12 bits per heavy atom. The molecule has 0 bridgehead atoms. The number of hydrogen-bond donors (Lipinski definition) is 2. The third-order valence-electron chi connectivity index (χ3n) is 3.41. The SMILES string of the molecule is Cc1nc(NC2CCCNC2)nc2c1COC2. The maximum atomic E-state index is 5.40. The van der Waals surface area contributed by atoms with Crippen LogP contribution < -0.4 is 10.6 Å². The molecule has 2 N–H and O–H groups in total. The molecule has 0 aromatic carbocycles. The van der Waals surface area contributed by atoms with Crippen LogP contribution >= 0.6 is 0 Å². The number of piperidine rings is 1. The lowest BCUT2D eigenvalue weighted by Crippen LogP contribution is -2.38. The number of ether oxygens (including phenoxy) is 1. The Labute approximate surface area is 101 Å². The predicted molar refractivity (Wildman–Crippen MR) is 64.8 cm³/mol. The zero-order chi connectivity index (χ0) is 11.7. The van der Waals surface area contributed by atoms with Crippen molar-refractivity contribution >= 4 is 5.95 Å². The Hall–Kier alpha value is -1.20. The van der Waals surface area contributed by atoms with E-state index in [0.717, 1.165) is 36.0 Å². The van der Waals surface area contributed by atoms with E-state index in [0.29, 0.717) is 19.3 Å². The van der Waals surface area contributed by atoms with Crippen LogP contribution in [0, 0.1) is 6.92 Å². The van der Waals surface area contributed by atoms with Crippen LogP contribution in [-0.2, 0) is 18.0 Å². The second-order valence-electron chi connectivity index (χ2n) is 4.74. The molecule has 1 aromatic heterocycles. The van der Waals surface area contributed by atoms with E-state index < -0.39 is 0 Å². The molecule has 5 heteroatoms. The maximum absolute atomic E-state index is 5.40. The normalized spacial score (nSPS) is 23.5. The largest absolute Gasteiger partial charge is 0.370 e. The van der Waals surface area contributed by atoms with Crippen LogP contribution in [0.1, 0.15) is 29.8 Å². The first kappa shape index (κ1) is 10.9. The summed E-state index contributed by atoms with van der Waals surface area (Å²) in [6.45, 7) is 5.42. The number of nitrogens with one attached hydrogen (secondary N) is 2. The van der Waals surface area contributed by atoms with E-state index in [4.69, 9.17) is 4.74 Å². The molecule has 1 atom stereocenters. The van der Waals surface area contributed by atoms with Gasteiger partial charge in [0.25, 0.3) is 0 Å². The lowest BCUT2D eigenvalue weighted by molar-refractivity contribution is 0.133. The van der Waals surface area contributed by atoms with Gasteiger partial charge in [-0.15, -0.1) is 0 Å². The average molecular weight is 234 g/mol. The minimum atomic E-state index is 0.448. The van der Waals surface area contributed by atoms with E-state index in [1.54, 1.807) is 0 Å². The first-order chi connectivity index (χ1) is 8.33. The second kappa shape index (κ2) is 4.58. The molecule has 0 amide bonds. The second-order valence-corrected chi connectivity index (χ2v) is 4.74. The fourth-order valence-electron chi connectivity index (χ4n) is 2.43. The lowest BCUT2D eigenvalue weighted by Gasteiger charge is -2.24. The summed E-state index contributed by atoms with van der Waals surface area (Å²) in [4.78, 5) is 9.04. The summed E-state index contributed by atoms with van der Waals surface area (Å²) in [7, 11) is 0. The van der Waals surface area contributed by atoms with Crippen molar-refractivity contribution < 1.29 is 4.74 Å². The molecule has 5 nitrogen and oxygen atoms in total. The zero-order valence-corrected chi connectivity index (χ0v) is 10.1. The number of fused-ring (bicyclic) bond motifs is 1. The molecule has 3 rings (SSSR count). The van der Waals surface area contributed by atoms with Gasteiger partial charge in [0.15, 0.2) is 0 Å². The molecule has 3 heterocycles. The molecule has 17 heavy (non-hydrogen) atoms. The first-order valence-corrected chi connectivity index (χ1v) is 6.24. The zero-order valence-electron chi connectivity index (χ0n) is 10.1. The van der Waals surface area contributed by atoms with Crippen molar-refractivity contribution in [2.24, 2.45) is 0 Å². The van der Waals surface area contributed by atoms with Crippen molar-refractivity contribution in [3.05, 3.63) is 17.0 Å². The molecule has 0 spiro atoms. The van der Waals surface area contributed by atoms with Crippen LogP contribution in [0.15, 0.2) is 0 Å². The molecule has 0 radical (unpaired) electrons. The van der Waals surface area contributed by atoms with Gasteiger partial charge in [0, 0.05) is 23.8 Å². The quantitative estimate of drug-likeness (QED) is 0.799. The molecule has 2 aliphatic rings. The minimum absolute atomic E-state index is 0.448. The van der Waals surface area contributed by atoms with Crippen LogP contribution in [0.2, 0.25) is 0 Å². The van der Waals surface area contributed by atoms with Gasteiger partial charge >= 0.3 is 0 Å². The average Bonchev–Trinajstić information content (AvgIpc) is 2.79. The summed E-state index contributed by atoms with van der Waals surface area (Å²) >= 11 is 0. The summed E-state index contributed by atoms with van der Waals surface area (Å²) in [5.41, 5.74) is 3.25. The Morgan fingerprint density at radius 1 is 1.35 bits per heavy atom. The summed E-state index contributed by atoms with van der Waals surface area (Å²) in [6, 6.07) is 0.448. The summed E-state index contributed by atoms with van der Waals surface area (Å²) in [6.07, 6.45) is 2.40. The first-order valence-electron chi connectivity index (χ1n) is 6.24. The van der Waals surface area contributed by atoms with E-state index in [1.807, 2.05) is 6.92 Å². The number of aryl methyl sites for hydroxylation is 1. The molecule has 1 aromatic rings. The Kier molecular flexibility index (Phi) is 2.94. The van der Waals surface area contributed by atoms with Crippen LogP contribution in [-0.4, -0.2) is 29.1 Å². The number of hydrogen-bond acceptors (Lipinski definition) is 5. The molecule has 92 valence electrons. The van der Waals surface area contributed by atoms with Gasteiger partial charge < -0.3 is 15.4 Å². The van der Waals surface area contributed by atoms with Crippen molar-refractivity contribution in [2.75, 3.05) is 18.4 Å². The molecule has 0 aliphatic carbocycles. The van der Waals surface area contributed by atoms with Crippen LogP contribution in [0.25, 0.3) is 0 Å². The van der Waals surface area contributed by atoms with Gasteiger partial charge in [0.2, 0.25) is 5.95 Å². The van der Waals surface area contributed by atoms with Crippen molar-refractivity contribution in [1.82, 2.24) is 15.3 Å². The van der Waals surface area contributed by atoms with E-state index in [1.165, 1.54) is 12.8 Å². The van der Waals surface area contributed by atoms with Crippen molar-refractivity contribution in [2.45, 2.75) is 39.0 Å². The molecular weight excluding hydrogens is 216 g/mol. The highest BCUT2D eigenvalue weighted by Crippen LogP contribution is 2.22. The molecule has 1 unspecified atom stereocenters. The summed E-state index contributed by atoms with van der Waals surface area (Å²) in [5.74, 6) is 0.750. The van der Waals surface area contributed by atoms with Gasteiger partial charge in [-0.25, -0.2) is 9.97 Å². The van der Waals surface area contributed by atoms with Crippen molar-refractivity contribution in [3.8, 4) is 0 Å². The van der Waals surface area contributed by atoms with Crippen LogP contribution in [0.3, 0.4) is 0 Å². The highest BCUT2D eigenvalue weighted by Gasteiger charge is 2.19. The van der Waals surface area contributed by atoms with Gasteiger partial charge in [-0.1, -0.05) is 0 Å².